The van der Waals surface area contributed by atoms with Gasteiger partial charge in [-0.2, -0.15) is 0 Å². The number of rotatable bonds is 3. The Morgan fingerprint density at radius 2 is 1.32 bits per heavy atom. The fourth-order valence-corrected chi connectivity index (χ4v) is 2.84. The monoisotopic (exact) mass is 299 g/mol. The van der Waals surface area contributed by atoms with Gasteiger partial charge in [0.25, 0.3) is 0 Å². The average molecular weight is 299 g/mol. The molecule has 1 unspecified atom stereocenters. The van der Waals surface area contributed by atoms with Gasteiger partial charge >= 0.3 is 7.12 Å². The smallest absolute Gasteiger partial charge is 0.382 e. The van der Waals surface area contributed by atoms with Crippen LogP contribution >= 0.6 is 0 Å². The average Bonchev–Trinajstić information content (AvgIpc) is 2.83. The van der Waals surface area contributed by atoms with Crippen molar-refractivity contribution < 1.29 is 0 Å². The van der Waals surface area contributed by atoms with Crippen LogP contribution in [0.1, 0.15) is 60.1 Å². The summed E-state index contributed by atoms with van der Waals surface area (Å²) in [6, 6.07) is 10.9. The molecule has 0 fully saturated rings. The van der Waals surface area contributed by atoms with E-state index in [1.54, 1.807) is 0 Å². The molecule has 0 saturated carbocycles. The second kappa shape index (κ2) is 6.00. The van der Waals surface area contributed by atoms with Crippen molar-refractivity contribution in [3.05, 3.63) is 48.3 Å². The van der Waals surface area contributed by atoms with Crippen LogP contribution in [0.2, 0.25) is 0 Å². The summed E-state index contributed by atoms with van der Waals surface area (Å²) < 4.78 is 0. The van der Waals surface area contributed by atoms with Gasteiger partial charge in [-0.1, -0.05) is 30.3 Å². The van der Waals surface area contributed by atoms with Crippen LogP contribution in [0, 0.1) is 0 Å². The molecule has 0 saturated heterocycles. The van der Waals surface area contributed by atoms with E-state index in [1.807, 2.05) is 0 Å². The van der Waals surface area contributed by atoms with Gasteiger partial charge in [-0.3, -0.25) is 0 Å². The lowest BCUT2D eigenvalue weighted by Gasteiger charge is -2.43. The molecule has 0 bridgehead atoms. The van der Waals surface area contributed by atoms with Gasteiger partial charge in [-0.05, 0) is 54.0 Å². The lowest BCUT2D eigenvalue weighted by atomic mass is 9.78. The Hall–Kier alpha value is -1.42. The molecule has 0 radical (unpaired) electrons. The fraction of sp³-hybridized carbons (Fsp3) is 0.556. The van der Waals surface area contributed by atoms with Crippen LogP contribution in [-0.2, 0) is 0 Å². The maximum Gasteiger partial charge on any atom is 0.468 e. The largest absolute Gasteiger partial charge is 0.468 e. The molecule has 1 atom stereocenters. The van der Waals surface area contributed by atoms with E-state index in [2.05, 4.69) is 106 Å². The number of hydrogen-bond acceptors (Lipinski definition) is 3. The molecule has 0 spiro atoms. The predicted molar refractivity (Wildman–Crippen MR) is 96.1 cm³/mol. The topological polar surface area (TPSA) is 18.5 Å². The third kappa shape index (κ3) is 3.67. The Kier molecular flexibility index (Phi) is 4.62. The molecule has 0 amide bonds. The Morgan fingerprint density at radius 3 is 1.73 bits per heavy atom. The number of nitrogens with one attached hydrogen (secondary N) is 1. The number of nitrogens with zero attached hydrogens (tertiary/aromatic N) is 2. The maximum absolute atomic E-state index is 3.80. The minimum absolute atomic E-state index is 0.0740. The predicted octanol–water partition coefficient (Wildman–Crippen LogP) is 4.01. The molecule has 120 valence electrons. The standard InChI is InChI=1S/C18H30BN3/c1-15(16-11-9-8-10-12-16)20-19-21(17(2,3)4)13-14-22(19)18(5,6)7/h8-15,20H,1-7H3. The summed E-state index contributed by atoms with van der Waals surface area (Å²) in [7, 11) is 0.162. The highest BCUT2D eigenvalue weighted by atomic mass is 15.4. The number of hydrogen-bond donors (Lipinski definition) is 1. The molecular weight excluding hydrogens is 269 g/mol. The highest BCUT2D eigenvalue weighted by Crippen LogP contribution is 2.28. The van der Waals surface area contributed by atoms with Crippen molar-refractivity contribution in [1.29, 1.82) is 0 Å². The van der Waals surface area contributed by atoms with Crippen LogP contribution in [0.4, 0.5) is 0 Å². The second-order valence-electron chi connectivity index (χ2n) is 8.13. The Morgan fingerprint density at radius 1 is 0.864 bits per heavy atom. The Balaban J connectivity index is 2.23. The molecule has 1 aromatic carbocycles. The van der Waals surface area contributed by atoms with E-state index in [0.717, 1.165) is 0 Å². The maximum atomic E-state index is 3.80. The van der Waals surface area contributed by atoms with Crippen molar-refractivity contribution in [3.8, 4) is 0 Å². The molecule has 22 heavy (non-hydrogen) atoms. The van der Waals surface area contributed by atoms with Gasteiger partial charge in [-0.15, -0.1) is 0 Å². The van der Waals surface area contributed by atoms with Gasteiger partial charge in [0.1, 0.15) is 0 Å². The van der Waals surface area contributed by atoms with Crippen molar-refractivity contribution in [1.82, 2.24) is 14.8 Å². The first kappa shape index (κ1) is 16.9. The van der Waals surface area contributed by atoms with Crippen LogP contribution in [0.5, 0.6) is 0 Å². The van der Waals surface area contributed by atoms with Gasteiger partial charge in [0.2, 0.25) is 0 Å². The molecule has 1 aliphatic heterocycles. The highest BCUT2D eigenvalue weighted by Gasteiger charge is 2.43. The molecule has 0 aromatic heterocycles. The van der Waals surface area contributed by atoms with Gasteiger partial charge in [0, 0.05) is 29.5 Å². The third-order valence-corrected chi connectivity index (χ3v) is 4.16. The molecule has 0 aliphatic carbocycles. The van der Waals surface area contributed by atoms with E-state index in [-0.39, 0.29) is 18.2 Å². The van der Waals surface area contributed by atoms with Gasteiger partial charge in [-0.25, -0.2) is 0 Å². The summed E-state index contributed by atoms with van der Waals surface area (Å²) in [5, 5.41) is 3.80. The lowest BCUT2D eigenvalue weighted by Crippen LogP contribution is -2.63. The number of benzene rings is 1. The van der Waals surface area contributed by atoms with Gasteiger partial charge in [0.15, 0.2) is 0 Å². The fourth-order valence-electron chi connectivity index (χ4n) is 2.84. The van der Waals surface area contributed by atoms with Gasteiger partial charge < -0.3 is 14.8 Å². The minimum atomic E-state index is 0.0740. The normalized spacial score (nSPS) is 17.3. The zero-order valence-corrected chi connectivity index (χ0v) is 15.1. The zero-order chi connectivity index (χ0) is 16.5. The van der Waals surface area contributed by atoms with Crippen LogP contribution in [0.15, 0.2) is 42.7 Å². The minimum Gasteiger partial charge on any atom is -0.382 e. The lowest BCUT2D eigenvalue weighted by molar-refractivity contribution is 0.269. The summed E-state index contributed by atoms with van der Waals surface area (Å²) in [5.74, 6) is 0. The Labute approximate surface area is 136 Å². The molecule has 1 heterocycles. The molecule has 3 nitrogen and oxygen atoms in total. The van der Waals surface area contributed by atoms with Crippen LogP contribution in [0.25, 0.3) is 0 Å². The third-order valence-electron chi connectivity index (χ3n) is 4.16. The van der Waals surface area contributed by atoms with Gasteiger partial charge in [0.05, 0.1) is 0 Å². The Bertz CT molecular complexity index is 489. The van der Waals surface area contributed by atoms with Crippen LogP contribution in [0.3, 0.4) is 0 Å². The summed E-state index contributed by atoms with van der Waals surface area (Å²) in [5.41, 5.74) is 1.46. The first-order valence-electron chi connectivity index (χ1n) is 8.17. The van der Waals surface area contributed by atoms with Crippen molar-refractivity contribution >= 4 is 7.12 Å². The summed E-state index contributed by atoms with van der Waals surface area (Å²) in [4.78, 5) is 4.80. The van der Waals surface area contributed by atoms with E-state index < -0.39 is 0 Å². The van der Waals surface area contributed by atoms with Crippen molar-refractivity contribution in [2.24, 2.45) is 0 Å². The van der Waals surface area contributed by atoms with Crippen molar-refractivity contribution in [3.63, 3.8) is 0 Å². The van der Waals surface area contributed by atoms with Crippen molar-refractivity contribution in [2.45, 2.75) is 65.6 Å². The van der Waals surface area contributed by atoms with E-state index in [4.69, 9.17) is 0 Å². The van der Waals surface area contributed by atoms with E-state index >= 15 is 0 Å². The SMILES string of the molecule is CC(NB1N(C(C)(C)C)C=CN1C(C)(C)C)c1ccccc1. The van der Waals surface area contributed by atoms with Crippen LogP contribution in [-0.4, -0.2) is 27.8 Å². The molecule has 4 heteroatoms. The zero-order valence-electron chi connectivity index (χ0n) is 15.1. The highest BCUT2D eigenvalue weighted by molar-refractivity contribution is 6.52. The van der Waals surface area contributed by atoms with Crippen molar-refractivity contribution in [2.75, 3.05) is 0 Å². The first-order chi connectivity index (χ1) is 10.1. The van der Waals surface area contributed by atoms with E-state index in [1.165, 1.54) is 5.56 Å². The van der Waals surface area contributed by atoms with Crippen LogP contribution < -0.4 is 5.23 Å². The van der Waals surface area contributed by atoms with E-state index in [9.17, 15) is 0 Å². The first-order valence-corrected chi connectivity index (χ1v) is 8.17. The summed E-state index contributed by atoms with van der Waals surface area (Å²) >= 11 is 0. The molecular formula is C18H30BN3. The molecule has 1 aromatic rings. The van der Waals surface area contributed by atoms with E-state index in [0.29, 0.717) is 6.04 Å². The molecule has 2 rings (SSSR count). The summed E-state index contributed by atoms with van der Waals surface area (Å²) in [6.07, 6.45) is 4.42. The molecule has 1 aliphatic rings. The summed E-state index contributed by atoms with van der Waals surface area (Å²) in [6.45, 7) is 15.8. The second-order valence-corrected chi connectivity index (χ2v) is 8.13. The quantitative estimate of drug-likeness (QED) is 0.851. The molecule has 1 N–H and O–H groups in total.